The van der Waals surface area contributed by atoms with E-state index in [1.807, 2.05) is 0 Å². The minimum Gasteiger partial charge on any atom is -0.494 e. The molecule has 0 aliphatic rings. The molecule has 0 saturated carbocycles. The van der Waals surface area contributed by atoms with Crippen LogP contribution in [0, 0.1) is 0 Å². The van der Waals surface area contributed by atoms with Crippen molar-refractivity contribution < 1.29 is 36.2 Å². The van der Waals surface area contributed by atoms with Crippen molar-refractivity contribution in [2.45, 2.75) is 36.9 Å². The van der Waals surface area contributed by atoms with Gasteiger partial charge in [0.1, 0.15) is 5.75 Å². The molecule has 0 radical (unpaired) electrons. The monoisotopic (exact) mass is 370 g/mol. The number of ether oxygens (including phenoxy) is 1. The first-order valence-electron chi connectivity index (χ1n) is 6.71. The fourth-order valence-corrected chi connectivity index (χ4v) is 2.38. The van der Waals surface area contributed by atoms with Crippen LogP contribution in [0.25, 0.3) is 0 Å². The Kier molecular flexibility index (Phi) is 6.20. The fourth-order valence-electron chi connectivity index (χ4n) is 1.52. The number of amides is 1. The molecule has 0 spiro atoms. The van der Waals surface area contributed by atoms with Gasteiger partial charge in [-0.1, -0.05) is 0 Å². The third-order valence-electron chi connectivity index (χ3n) is 2.89. The molecule has 0 aliphatic heterocycles. The zero-order valence-corrected chi connectivity index (χ0v) is 13.7. The van der Waals surface area contributed by atoms with E-state index in [1.54, 1.807) is 17.2 Å². The van der Waals surface area contributed by atoms with E-state index in [-0.39, 0.29) is 4.90 Å². The van der Waals surface area contributed by atoms with Crippen LogP contribution >= 0.6 is 0 Å². The van der Waals surface area contributed by atoms with Gasteiger partial charge in [-0.25, -0.2) is 8.42 Å². The summed E-state index contributed by atoms with van der Waals surface area (Å²) in [5, 5.41) is 9.17. The number of nitrogens with one attached hydrogen (secondary N) is 2. The van der Waals surface area contributed by atoms with Crippen LogP contribution in [0.1, 0.15) is 20.3 Å². The molecule has 136 valence electrons. The fraction of sp³-hybridized carbons (Fsp3) is 0.462. The van der Waals surface area contributed by atoms with Gasteiger partial charge in [0.2, 0.25) is 5.91 Å². The van der Waals surface area contributed by atoms with E-state index in [2.05, 4.69) is 0 Å². The van der Waals surface area contributed by atoms with Crippen molar-refractivity contribution in [2.24, 2.45) is 0 Å². The number of alkyl halides is 3. The molecule has 1 aromatic carbocycles. The average molecular weight is 370 g/mol. The Morgan fingerprint density at radius 2 is 1.79 bits per heavy atom. The quantitative estimate of drug-likeness (QED) is 0.624. The molecule has 7 nitrogen and oxygen atoms in total. The molecular weight excluding hydrogens is 353 g/mol. The number of halogens is 3. The first-order chi connectivity index (χ1) is 10.9. The van der Waals surface area contributed by atoms with Crippen molar-refractivity contribution >= 4 is 15.9 Å². The Morgan fingerprint density at radius 1 is 1.25 bits per heavy atom. The van der Waals surface area contributed by atoms with Crippen LogP contribution in [0.4, 0.5) is 13.2 Å². The largest absolute Gasteiger partial charge is 0.494 e. The molecule has 0 aliphatic carbocycles. The number of rotatable bonds is 7. The van der Waals surface area contributed by atoms with Gasteiger partial charge in [-0.15, -0.1) is 4.83 Å². The van der Waals surface area contributed by atoms with E-state index in [9.17, 15) is 31.5 Å². The van der Waals surface area contributed by atoms with Gasteiger partial charge < -0.3 is 9.84 Å². The molecule has 0 unspecified atom stereocenters. The van der Waals surface area contributed by atoms with E-state index in [0.29, 0.717) is 19.3 Å². The van der Waals surface area contributed by atoms with Crippen molar-refractivity contribution in [3.8, 4) is 5.75 Å². The van der Waals surface area contributed by atoms with Gasteiger partial charge in [0.15, 0.2) is 5.60 Å². The summed E-state index contributed by atoms with van der Waals surface area (Å²) in [6.45, 7) is 2.55. The molecule has 1 atom stereocenters. The summed E-state index contributed by atoms with van der Waals surface area (Å²) in [5.74, 6) is -0.909. The lowest BCUT2D eigenvalue weighted by Gasteiger charge is -2.25. The summed E-state index contributed by atoms with van der Waals surface area (Å²) < 4.78 is 66.3. The topological polar surface area (TPSA) is 105 Å². The average Bonchev–Trinajstić information content (AvgIpc) is 2.45. The van der Waals surface area contributed by atoms with Crippen LogP contribution in [0.15, 0.2) is 29.2 Å². The Hall–Kier alpha value is -1.85. The third-order valence-corrected chi connectivity index (χ3v) is 4.15. The van der Waals surface area contributed by atoms with E-state index >= 15 is 0 Å². The van der Waals surface area contributed by atoms with E-state index in [0.717, 1.165) is 0 Å². The van der Waals surface area contributed by atoms with Crippen LogP contribution < -0.4 is 15.0 Å². The lowest BCUT2D eigenvalue weighted by Crippen LogP contribution is -2.49. The summed E-state index contributed by atoms with van der Waals surface area (Å²) in [6.07, 6.45) is -6.39. The number of hydrazine groups is 1. The molecule has 0 bridgehead atoms. The summed E-state index contributed by atoms with van der Waals surface area (Å²) >= 11 is 0. The third kappa shape index (κ3) is 5.35. The minimum absolute atomic E-state index is 0.228. The lowest BCUT2D eigenvalue weighted by atomic mass is 10.0. The molecular formula is C13H17F3N2O5S. The first-order valence-corrected chi connectivity index (χ1v) is 8.20. The van der Waals surface area contributed by atoms with Crippen LogP contribution in [0.3, 0.4) is 0 Å². The second-order valence-corrected chi connectivity index (χ2v) is 6.69. The minimum atomic E-state index is -5.03. The van der Waals surface area contributed by atoms with Gasteiger partial charge in [0.05, 0.1) is 17.9 Å². The Balaban J connectivity index is 2.70. The van der Waals surface area contributed by atoms with Crippen LogP contribution in [-0.4, -0.2) is 37.8 Å². The van der Waals surface area contributed by atoms with Gasteiger partial charge in [-0.05, 0) is 38.1 Å². The maximum atomic E-state index is 12.5. The van der Waals surface area contributed by atoms with E-state index in [1.165, 1.54) is 24.3 Å². The molecule has 0 heterocycles. The summed E-state index contributed by atoms with van der Waals surface area (Å²) in [5.41, 5.74) is -1.65. The molecule has 24 heavy (non-hydrogen) atoms. The maximum absolute atomic E-state index is 12.5. The highest BCUT2D eigenvalue weighted by Crippen LogP contribution is 2.32. The summed E-state index contributed by atoms with van der Waals surface area (Å²) in [7, 11) is -4.18. The zero-order chi connectivity index (χ0) is 18.6. The number of carbonyl (C=O) groups is 1. The van der Waals surface area contributed by atoms with Crippen LogP contribution in [-0.2, 0) is 14.8 Å². The predicted molar refractivity (Wildman–Crippen MR) is 77.4 cm³/mol. The van der Waals surface area contributed by atoms with Gasteiger partial charge in [-0.3, -0.25) is 10.2 Å². The highest BCUT2D eigenvalue weighted by molar-refractivity contribution is 7.89. The van der Waals surface area contributed by atoms with Crippen molar-refractivity contribution in [1.29, 1.82) is 0 Å². The normalized spacial score (nSPS) is 14.8. The van der Waals surface area contributed by atoms with Gasteiger partial charge in [-0.2, -0.15) is 13.2 Å². The van der Waals surface area contributed by atoms with Crippen molar-refractivity contribution in [3.05, 3.63) is 24.3 Å². The van der Waals surface area contributed by atoms with Crippen LogP contribution in [0.5, 0.6) is 5.75 Å². The molecule has 0 fully saturated rings. The number of benzene rings is 1. The number of hydrogen-bond donors (Lipinski definition) is 3. The molecule has 1 amide bonds. The predicted octanol–water partition coefficient (Wildman–Crippen LogP) is 1.10. The molecule has 0 saturated heterocycles. The maximum Gasteiger partial charge on any atom is 0.417 e. The van der Waals surface area contributed by atoms with Gasteiger partial charge in [0, 0.05) is 0 Å². The Labute approximate surface area is 136 Å². The summed E-state index contributed by atoms with van der Waals surface area (Å²) in [6, 6.07) is 5.17. The zero-order valence-electron chi connectivity index (χ0n) is 12.8. The van der Waals surface area contributed by atoms with Crippen molar-refractivity contribution in [1.82, 2.24) is 10.3 Å². The van der Waals surface area contributed by atoms with Gasteiger partial charge >= 0.3 is 6.18 Å². The number of carbonyl (C=O) groups excluding carboxylic acids is 1. The molecule has 1 rings (SSSR count). The second kappa shape index (κ2) is 7.36. The SMILES string of the molecule is CCOc1ccc(S(=O)(=O)NNC(=O)C[C@@](C)(O)C(F)(F)F)cc1. The molecule has 0 aromatic heterocycles. The van der Waals surface area contributed by atoms with Crippen molar-refractivity contribution in [2.75, 3.05) is 6.61 Å². The number of hydrogen-bond acceptors (Lipinski definition) is 5. The standard InChI is InChI=1S/C13H17F3N2O5S/c1-3-23-9-4-6-10(7-5-9)24(21,22)18-17-11(19)8-12(2,20)13(14,15)16/h4-7,18,20H,3,8H2,1-2H3,(H,17,19)/t12-/m1/s1. The number of aliphatic hydroxyl groups is 1. The summed E-state index contributed by atoms with van der Waals surface area (Å²) in [4.78, 5) is 12.8. The number of sulfonamides is 1. The molecule has 1 aromatic rings. The van der Waals surface area contributed by atoms with Crippen molar-refractivity contribution in [3.63, 3.8) is 0 Å². The second-order valence-electron chi connectivity index (χ2n) is 5.01. The first kappa shape index (κ1) is 20.2. The highest BCUT2D eigenvalue weighted by atomic mass is 32.2. The lowest BCUT2D eigenvalue weighted by molar-refractivity contribution is -0.253. The Bertz CT molecular complexity index is 672. The van der Waals surface area contributed by atoms with E-state index in [4.69, 9.17) is 4.74 Å². The molecule has 3 N–H and O–H groups in total. The van der Waals surface area contributed by atoms with Crippen LogP contribution in [0.2, 0.25) is 0 Å². The smallest absolute Gasteiger partial charge is 0.417 e. The molecule has 11 heteroatoms. The highest BCUT2D eigenvalue weighted by Gasteiger charge is 2.51. The van der Waals surface area contributed by atoms with E-state index < -0.39 is 34.1 Å². The van der Waals surface area contributed by atoms with Gasteiger partial charge in [0.25, 0.3) is 10.0 Å². The Morgan fingerprint density at radius 3 is 2.25 bits per heavy atom.